The minimum Gasteiger partial charge on any atom is -0.353 e. The van der Waals surface area contributed by atoms with E-state index in [1.54, 1.807) is 12.1 Å². The summed E-state index contributed by atoms with van der Waals surface area (Å²) in [6.07, 6.45) is 2.51. The third-order valence-corrected chi connectivity index (χ3v) is 7.68. The molecule has 1 unspecified atom stereocenters. The first-order valence-corrected chi connectivity index (χ1v) is 11.5. The molecule has 1 saturated heterocycles. The molecule has 1 aliphatic heterocycles. The highest BCUT2D eigenvalue weighted by Crippen LogP contribution is 2.26. The smallest absolute Gasteiger partial charge is 0.243 e. The van der Waals surface area contributed by atoms with Crippen LogP contribution >= 0.6 is 0 Å². The lowest BCUT2D eigenvalue weighted by molar-refractivity contribution is -0.122. The van der Waals surface area contributed by atoms with Crippen LogP contribution in [-0.4, -0.2) is 86.8 Å². The van der Waals surface area contributed by atoms with Crippen LogP contribution in [0.3, 0.4) is 0 Å². The van der Waals surface area contributed by atoms with Gasteiger partial charge in [0.2, 0.25) is 15.9 Å². The van der Waals surface area contributed by atoms with E-state index in [0.29, 0.717) is 56.2 Å². The van der Waals surface area contributed by atoms with Crippen LogP contribution < -0.4 is 5.32 Å². The van der Waals surface area contributed by atoms with E-state index in [1.165, 1.54) is 17.1 Å². The van der Waals surface area contributed by atoms with Gasteiger partial charge in [0.1, 0.15) is 0 Å². The fourth-order valence-corrected chi connectivity index (χ4v) is 4.92. The summed E-state index contributed by atoms with van der Waals surface area (Å²) in [5.74, 6) is 0.00545. The van der Waals surface area contributed by atoms with Crippen molar-refractivity contribution in [3.05, 3.63) is 29.8 Å². The first-order chi connectivity index (χ1) is 13.3. The monoisotopic (exact) mass is 408 g/mol. The number of rotatable bonds is 8. The van der Waals surface area contributed by atoms with Gasteiger partial charge in [0.05, 0.1) is 11.4 Å². The van der Waals surface area contributed by atoms with Crippen molar-refractivity contribution in [2.45, 2.75) is 43.7 Å². The van der Waals surface area contributed by atoms with Crippen molar-refractivity contribution >= 4 is 15.9 Å². The van der Waals surface area contributed by atoms with Gasteiger partial charge in [0.25, 0.3) is 0 Å². The fourth-order valence-electron chi connectivity index (χ4n) is 3.49. The molecule has 1 heterocycles. The fraction of sp³-hybridized carbons (Fsp3) is 0.650. The SMILES string of the molecule is Cc1ccc(S(=O)(=O)N2CCN(CC(=O)NCC(C)N(C)C3CC3)CC2)cc1. The Morgan fingerprint density at radius 3 is 2.36 bits per heavy atom. The van der Waals surface area contributed by atoms with Gasteiger partial charge in [0.15, 0.2) is 0 Å². The molecule has 2 aliphatic rings. The summed E-state index contributed by atoms with van der Waals surface area (Å²) < 4.78 is 27.0. The van der Waals surface area contributed by atoms with Gasteiger partial charge in [-0.2, -0.15) is 4.31 Å². The minimum atomic E-state index is -3.46. The Balaban J connectivity index is 1.43. The number of hydrogen-bond donors (Lipinski definition) is 1. The zero-order valence-corrected chi connectivity index (χ0v) is 17.9. The van der Waals surface area contributed by atoms with Crippen LogP contribution in [0.4, 0.5) is 0 Å². The molecule has 8 heteroatoms. The van der Waals surface area contributed by atoms with Gasteiger partial charge < -0.3 is 5.32 Å². The predicted octanol–water partition coefficient (Wildman–Crippen LogP) is 0.900. The molecule has 1 atom stereocenters. The number of carbonyl (C=O) groups is 1. The maximum atomic E-state index is 12.8. The normalized spacial score (nSPS) is 20.3. The summed E-state index contributed by atoms with van der Waals surface area (Å²) in [6, 6.07) is 7.95. The molecule has 1 saturated carbocycles. The molecule has 7 nitrogen and oxygen atoms in total. The summed E-state index contributed by atoms with van der Waals surface area (Å²) in [4.78, 5) is 16.9. The predicted molar refractivity (Wildman–Crippen MR) is 110 cm³/mol. The second-order valence-electron chi connectivity index (χ2n) is 8.04. The second kappa shape index (κ2) is 8.90. The molecule has 1 aliphatic carbocycles. The molecule has 0 radical (unpaired) electrons. The van der Waals surface area contributed by atoms with Crippen LogP contribution in [0.5, 0.6) is 0 Å². The van der Waals surface area contributed by atoms with E-state index in [1.807, 2.05) is 24.0 Å². The van der Waals surface area contributed by atoms with Crippen LogP contribution in [-0.2, 0) is 14.8 Å². The number of sulfonamides is 1. The molecule has 1 amide bonds. The number of hydrogen-bond acceptors (Lipinski definition) is 5. The molecule has 0 aromatic heterocycles. The van der Waals surface area contributed by atoms with Crippen molar-refractivity contribution in [2.24, 2.45) is 0 Å². The molecule has 1 aromatic carbocycles. The maximum Gasteiger partial charge on any atom is 0.243 e. The summed E-state index contributed by atoms with van der Waals surface area (Å²) in [7, 11) is -1.35. The summed E-state index contributed by atoms with van der Waals surface area (Å²) >= 11 is 0. The summed E-state index contributed by atoms with van der Waals surface area (Å²) in [5, 5.41) is 3.01. The lowest BCUT2D eigenvalue weighted by atomic mass is 10.2. The minimum absolute atomic E-state index is 0.00545. The Morgan fingerprint density at radius 1 is 1.18 bits per heavy atom. The van der Waals surface area contributed by atoms with Crippen LogP contribution in [0.25, 0.3) is 0 Å². The first-order valence-electron chi connectivity index (χ1n) is 10.0. The molecule has 28 heavy (non-hydrogen) atoms. The third kappa shape index (κ3) is 5.31. The van der Waals surface area contributed by atoms with E-state index in [2.05, 4.69) is 24.2 Å². The molecule has 0 bridgehead atoms. The molecule has 3 rings (SSSR count). The lowest BCUT2D eigenvalue weighted by Gasteiger charge is -2.33. The van der Waals surface area contributed by atoms with Crippen molar-refractivity contribution in [3.63, 3.8) is 0 Å². The lowest BCUT2D eigenvalue weighted by Crippen LogP contribution is -2.51. The van der Waals surface area contributed by atoms with Crippen molar-refractivity contribution < 1.29 is 13.2 Å². The number of aryl methyl sites for hydroxylation is 1. The second-order valence-corrected chi connectivity index (χ2v) is 9.98. The quantitative estimate of drug-likeness (QED) is 0.692. The van der Waals surface area contributed by atoms with E-state index in [-0.39, 0.29) is 5.91 Å². The van der Waals surface area contributed by atoms with Gasteiger partial charge in [-0.05, 0) is 45.9 Å². The Kier molecular flexibility index (Phi) is 6.75. The van der Waals surface area contributed by atoms with E-state index >= 15 is 0 Å². The van der Waals surface area contributed by atoms with Crippen molar-refractivity contribution in [2.75, 3.05) is 46.3 Å². The Bertz CT molecular complexity index is 769. The third-order valence-electron chi connectivity index (χ3n) is 5.77. The topological polar surface area (TPSA) is 73.0 Å². The van der Waals surface area contributed by atoms with Crippen molar-refractivity contribution in [1.29, 1.82) is 0 Å². The number of nitrogens with one attached hydrogen (secondary N) is 1. The number of likely N-dealkylation sites (N-methyl/N-ethyl adjacent to an activating group) is 1. The number of piperazine rings is 1. The Hall–Kier alpha value is -1.48. The molecular formula is C20H32N4O3S. The van der Waals surface area contributed by atoms with E-state index < -0.39 is 10.0 Å². The number of carbonyl (C=O) groups excluding carboxylic acids is 1. The zero-order chi connectivity index (χ0) is 20.3. The highest BCUT2D eigenvalue weighted by Gasteiger charge is 2.30. The van der Waals surface area contributed by atoms with Crippen molar-refractivity contribution in [3.8, 4) is 0 Å². The van der Waals surface area contributed by atoms with E-state index in [4.69, 9.17) is 0 Å². The number of nitrogens with zero attached hydrogens (tertiary/aromatic N) is 3. The van der Waals surface area contributed by atoms with Crippen LogP contribution in [0, 0.1) is 6.92 Å². The van der Waals surface area contributed by atoms with Gasteiger partial charge in [0, 0.05) is 44.8 Å². The average Bonchev–Trinajstić information content (AvgIpc) is 3.51. The molecule has 1 N–H and O–H groups in total. The maximum absolute atomic E-state index is 12.8. The first kappa shape index (κ1) is 21.2. The molecular weight excluding hydrogens is 376 g/mol. The summed E-state index contributed by atoms with van der Waals surface area (Å²) in [5.41, 5.74) is 1.03. The Morgan fingerprint density at radius 2 is 1.79 bits per heavy atom. The van der Waals surface area contributed by atoms with Crippen LogP contribution in [0.15, 0.2) is 29.2 Å². The van der Waals surface area contributed by atoms with Gasteiger partial charge in [-0.3, -0.25) is 14.6 Å². The molecule has 0 spiro atoms. The zero-order valence-electron chi connectivity index (χ0n) is 17.1. The molecule has 2 fully saturated rings. The standard InChI is InChI=1S/C20H32N4O3S/c1-16-4-8-19(9-5-16)28(26,27)24-12-10-23(11-13-24)15-20(25)21-14-17(2)22(3)18-6-7-18/h4-5,8-9,17-18H,6-7,10-15H2,1-3H3,(H,21,25). The van der Waals surface area contributed by atoms with Crippen LogP contribution in [0.2, 0.25) is 0 Å². The van der Waals surface area contributed by atoms with Gasteiger partial charge in [-0.25, -0.2) is 8.42 Å². The highest BCUT2D eigenvalue weighted by atomic mass is 32.2. The molecule has 1 aromatic rings. The van der Waals surface area contributed by atoms with Crippen LogP contribution in [0.1, 0.15) is 25.3 Å². The highest BCUT2D eigenvalue weighted by molar-refractivity contribution is 7.89. The van der Waals surface area contributed by atoms with Gasteiger partial charge in [-0.1, -0.05) is 17.7 Å². The molecule has 156 valence electrons. The van der Waals surface area contributed by atoms with Gasteiger partial charge in [-0.15, -0.1) is 0 Å². The summed E-state index contributed by atoms with van der Waals surface area (Å²) in [6.45, 7) is 6.98. The largest absolute Gasteiger partial charge is 0.353 e. The average molecular weight is 409 g/mol. The number of benzene rings is 1. The Labute approximate surface area is 168 Å². The van der Waals surface area contributed by atoms with E-state index in [0.717, 1.165) is 5.56 Å². The van der Waals surface area contributed by atoms with Gasteiger partial charge >= 0.3 is 0 Å². The van der Waals surface area contributed by atoms with Crippen molar-refractivity contribution in [1.82, 2.24) is 19.4 Å². The number of amides is 1. The van der Waals surface area contributed by atoms with E-state index in [9.17, 15) is 13.2 Å².